The second-order valence-electron chi connectivity index (χ2n) is 5.63. The van der Waals surface area contributed by atoms with Crippen molar-refractivity contribution in [1.82, 2.24) is 10.6 Å². The number of hydrogen-bond donors (Lipinski definition) is 2. The second-order valence-corrected chi connectivity index (χ2v) is 5.63. The Morgan fingerprint density at radius 1 is 1.24 bits per heavy atom. The summed E-state index contributed by atoms with van der Waals surface area (Å²) in [5, 5.41) is 5.21. The number of urea groups is 1. The van der Waals surface area contributed by atoms with Crippen LogP contribution in [0, 0.1) is 0 Å². The number of rotatable bonds is 4. The van der Waals surface area contributed by atoms with E-state index in [9.17, 15) is 9.59 Å². The zero-order valence-electron chi connectivity index (χ0n) is 12.6. The van der Waals surface area contributed by atoms with E-state index in [1.807, 2.05) is 43.5 Å². The molecule has 6 heteroatoms. The van der Waals surface area contributed by atoms with Crippen molar-refractivity contribution in [3.63, 3.8) is 0 Å². The molecule has 0 aromatic carbocycles. The van der Waals surface area contributed by atoms with Gasteiger partial charge in [-0.05, 0) is 12.8 Å². The molecule has 0 unspecified atom stereocenters. The van der Waals surface area contributed by atoms with Crippen molar-refractivity contribution in [2.24, 2.45) is 0 Å². The van der Waals surface area contributed by atoms with Gasteiger partial charge in [0.2, 0.25) is 6.54 Å². The SMILES string of the molecule is CN(C)c1cc[n+](CC(=O)NC(=O)NC2CCCC2)cc1. The Morgan fingerprint density at radius 3 is 2.43 bits per heavy atom. The zero-order valence-corrected chi connectivity index (χ0v) is 12.6. The van der Waals surface area contributed by atoms with Gasteiger partial charge in [0, 0.05) is 38.0 Å². The van der Waals surface area contributed by atoms with Crippen LogP contribution in [0.25, 0.3) is 0 Å². The van der Waals surface area contributed by atoms with Crippen LogP contribution in [0.4, 0.5) is 10.5 Å². The predicted octanol–water partition coefficient (Wildman–Crippen LogP) is 0.808. The summed E-state index contributed by atoms with van der Waals surface area (Å²) in [6, 6.07) is 3.67. The Morgan fingerprint density at radius 2 is 1.86 bits per heavy atom. The fourth-order valence-corrected chi connectivity index (χ4v) is 2.48. The van der Waals surface area contributed by atoms with Gasteiger partial charge < -0.3 is 10.2 Å². The summed E-state index contributed by atoms with van der Waals surface area (Å²) < 4.78 is 1.74. The number of pyridine rings is 1. The number of nitrogens with zero attached hydrogens (tertiary/aromatic N) is 2. The molecular weight excluding hydrogens is 268 g/mol. The lowest BCUT2D eigenvalue weighted by atomic mass is 10.2. The largest absolute Gasteiger partial charge is 0.377 e. The van der Waals surface area contributed by atoms with Crippen molar-refractivity contribution in [2.45, 2.75) is 38.3 Å². The number of carbonyl (C=O) groups excluding carboxylic acids is 2. The van der Waals surface area contributed by atoms with Gasteiger partial charge in [0.1, 0.15) is 0 Å². The number of nitrogens with one attached hydrogen (secondary N) is 2. The van der Waals surface area contributed by atoms with E-state index in [1.165, 1.54) is 0 Å². The smallest absolute Gasteiger partial charge is 0.321 e. The van der Waals surface area contributed by atoms with Crippen LogP contribution in [-0.4, -0.2) is 32.1 Å². The molecule has 1 fully saturated rings. The van der Waals surface area contributed by atoms with Crippen molar-refractivity contribution < 1.29 is 14.2 Å². The molecule has 1 aliphatic rings. The van der Waals surface area contributed by atoms with Gasteiger partial charge in [0.05, 0.1) is 0 Å². The first kappa shape index (κ1) is 15.3. The van der Waals surface area contributed by atoms with E-state index < -0.39 is 6.03 Å². The van der Waals surface area contributed by atoms with Crippen molar-refractivity contribution >= 4 is 17.6 Å². The molecule has 114 valence electrons. The highest BCUT2D eigenvalue weighted by Gasteiger charge is 2.19. The minimum Gasteiger partial charge on any atom is -0.377 e. The molecular formula is C15H23N4O2+. The van der Waals surface area contributed by atoms with E-state index >= 15 is 0 Å². The molecule has 1 aliphatic carbocycles. The summed E-state index contributed by atoms with van der Waals surface area (Å²) in [7, 11) is 3.92. The van der Waals surface area contributed by atoms with Crippen LogP contribution in [0.15, 0.2) is 24.5 Å². The average Bonchev–Trinajstić information content (AvgIpc) is 2.91. The van der Waals surface area contributed by atoms with Crippen LogP contribution >= 0.6 is 0 Å². The first-order chi connectivity index (χ1) is 10.0. The van der Waals surface area contributed by atoms with Crippen LogP contribution in [0.3, 0.4) is 0 Å². The van der Waals surface area contributed by atoms with Gasteiger partial charge in [-0.3, -0.25) is 10.1 Å². The minimum atomic E-state index is -0.391. The second kappa shape index (κ2) is 7.06. The summed E-state index contributed by atoms with van der Waals surface area (Å²) in [6.45, 7) is 0.131. The fraction of sp³-hybridized carbons (Fsp3) is 0.533. The summed E-state index contributed by atoms with van der Waals surface area (Å²) in [4.78, 5) is 25.5. The Balaban J connectivity index is 1.79. The quantitative estimate of drug-likeness (QED) is 0.807. The molecule has 1 heterocycles. The number of amides is 3. The maximum absolute atomic E-state index is 11.8. The van der Waals surface area contributed by atoms with Crippen molar-refractivity contribution in [3.05, 3.63) is 24.5 Å². The number of carbonyl (C=O) groups is 2. The Bertz CT molecular complexity index is 493. The highest BCUT2D eigenvalue weighted by molar-refractivity contribution is 5.93. The maximum atomic E-state index is 11.8. The first-order valence-electron chi connectivity index (χ1n) is 7.31. The van der Waals surface area contributed by atoms with E-state index in [-0.39, 0.29) is 18.5 Å². The van der Waals surface area contributed by atoms with Crippen LogP contribution in [0.5, 0.6) is 0 Å². The zero-order chi connectivity index (χ0) is 15.2. The van der Waals surface area contributed by atoms with Gasteiger partial charge in [-0.2, -0.15) is 4.57 Å². The minimum absolute atomic E-state index is 0.131. The molecule has 0 atom stereocenters. The Hall–Kier alpha value is -2.11. The van der Waals surface area contributed by atoms with Gasteiger partial charge in [-0.15, -0.1) is 0 Å². The van der Waals surface area contributed by atoms with Crippen molar-refractivity contribution in [1.29, 1.82) is 0 Å². The van der Waals surface area contributed by atoms with Gasteiger partial charge in [0.25, 0.3) is 5.91 Å². The maximum Gasteiger partial charge on any atom is 0.321 e. The average molecular weight is 291 g/mol. The van der Waals surface area contributed by atoms with Gasteiger partial charge in [-0.25, -0.2) is 4.79 Å². The summed E-state index contributed by atoms with van der Waals surface area (Å²) >= 11 is 0. The third-order valence-corrected chi connectivity index (χ3v) is 3.66. The molecule has 21 heavy (non-hydrogen) atoms. The highest BCUT2D eigenvalue weighted by Crippen LogP contribution is 2.17. The van der Waals surface area contributed by atoms with Gasteiger partial charge in [0.15, 0.2) is 12.4 Å². The van der Waals surface area contributed by atoms with Crippen LogP contribution < -0.4 is 20.1 Å². The topological polar surface area (TPSA) is 65.3 Å². The van der Waals surface area contributed by atoms with Crippen LogP contribution in [-0.2, 0) is 11.3 Å². The number of hydrogen-bond acceptors (Lipinski definition) is 3. The van der Waals surface area contributed by atoms with Crippen LogP contribution in [0.2, 0.25) is 0 Å². The van der Waals surface area contributed by atoms with E-state index in [2.05, 4.69) is 10.6 Å². The lowest BCUT2D eigenvalue weighted by molar-refractivity contribution is -0.684. The molecule has 6 nitrogen and oxygen atoms in total. The van der Waals surface area contributed by atoms with Crippen molar-refractivity contribution in [2.75, 3.05) is 19.0 Å². The molecule has 2 rings (SSSR count). The van der Waals surface area contributed by atoms with Gasteiger partial charge >= 0.3 is 6.03 Å². The molecule has 1 aromatic rings. The molecule has 1 saturated carbocycles. The lowest BCUT2D eigenvalue weighted by Gasteiger charge is -2.12. The standard InChI is InChI=1S/C15H22N4O2/c1-18(2)13-7-9-19(10-8-13)11-14(20)17-15(21)16-12-5-3-4-6-12/h7-10,12H,3-6,11H2,1-2H3,(H-,16,17,20,21)/p+1. The van der Waals surface area contributed by atoms with E-state index in [0.717, 1.165) is 31.4 Å². The molecule has 0 radical (unpaired) electrons. The fourth-order valence-electron chi connectivity index (χ4n) is 2.48. The monoisotopic (exact) mass is 291 g/mol. The molecule has 0 saturated heterocycles. The molecule has 1 aromatic heterocycles. The number of aromatic nitrogens is 1. The predicted molar refractivity (Wildman–Crippen MR) is 79.9 cm³/mol. The van der Waals surface area contributed by atoms with Crippen molar-refractivity contribution in [3.8, 4) is 0 Å². The highest BCUT2D eigenvalue weighted by atomic mass is 16.2. The van der Waals surface area contributed by atoms with E-state index in [4.69, 9.17) is 0 Å². The lowest BCUT2D eigenvalue weighted by Crippen LogP contribution is -2.49. The number of imide groups is 1. The summed E-state index contributed by atoms with van der Waals surface area (Å²) in [5.74, 6) is -0.312. The molecule has 0 aliphatic heterocycles. The van der Waals surface area contributed by atoms with E-state index in [1.54, 1.807) is 4.57 Å². The summed E-state index contributed by atoms with van der Waals surface area (Å²) in [5.41, 5.74) is 1.06. The Labute approximate surface area is 125 Å². The first-order valence-corrected chi connectivity index (χ1v) is 7.31. The molecule has 2 N–H and O–H groups in total. The molecule has 3 amide bonds. The normalized spacial score (nSPS) is 14.8. The Kier molecular flexibility index (Phi) is 5.14. The molecule has 0 bridgehead atoms. The van der Waals surface area contributed by atoms with E-state index in [0.29, 0.717) is 0 Å². The third-order valence-electron chi connectivity index (χ3n) is 3.66. The molecule has 0 spiro atoms. The third kappa shape index (κ3) is 4.73. The number of anilines is 1. The van der Waals surface area contributed by atoms with Gasteiger partial charge in [-0.1, -0.05) is 12.8 Å². The van der Waals surface area contributed by atoms with Crippen LogP contribution in [0.1, 0.15) is 25.7 Å². The summed E-state index contributed by atoms with van der Waals surface area (Å²) in [6.07, 6.45) is 7.94.